The van der Waals surface area contributed by atoms with E-state index < -0.39 is 48.5 Å². The van der Waals surface area contributed by atoms with Gasteiger partial charge in [-0.25, -0.2) is 8.78 Å². The van der Waals surface area contributed by atoms with Crippen LogP contribution in [0.4, 0.5) is 22.0 Å². The van der Waals surface area contributed by atoms with E-state index in [4.69, 9.17) is 10.8 Å². The van der Waals surface area contributed by atoms with E-state index in [1.807, 2.05) is 0 Å². The zero-order valence-electron chi connectivity index (χ0n) is 8.84. The average molecular weight is 272 g/mol. The molecule has 9 heteroatoms. The molecule has 0 aliphatic heterocycles. The van der Waals surface area contributed by atoms with Gasteiger partial charge in [-0.15, -0.1) is 13.2 Å². The van der Waals surface area contributed by atoms with Crippen LogP contribution < -0.4 is 10.5 Å². The van der Waals surface area contributed by atoms with E-state index >= 15 is 0 Å². The van der Waals surface area contributed by atoms with Gasteiger partial charge in [0.15, 0.2) is 0 Å². The van der Waals surface area contributed by atoms with E-state index in [1.54, 1.807) is 0 Å². The molecule has 0 radical (unpaired) electrons. The molecule has 0 aliphatic rings. The maximum Gasteiger partial charge on any atom is 0.573 e. The summed E-state index contributed by atoms with van der Waals surface area (Å²) in [5.41, 5.74) is 3.16. The summed E-state index contributed by atoms with van der Waals surface area (Å²) in [6.45, 7) is -1.39. The quantitative estimate of drug-likeness (QED) is 0.821. The molecular formula is C9H9F5N2O2. The average Bonchev–Trinajstić information content (AvgIpc) is 2.25. The van der Waals surface area contributed by atoms with Gasteiger partial charge < -0.3 is 15.6 Å². The van der Waals surface area contributed by atoms with E-state index in [9.17, 15) is 22.0 Å². The number of aromatic nitrogens is 1. The molecule has 0 saturated heterocycles. The molecule has 0 unspecified atom stereocenters. The summed E-state index contributed by atoms with van der Waals surface area (Å²) < 4.78 is 65.4. The second-order valence-electron chi connectivity index (χ2n) is 3.18. The van der Waals surface area contributed by atoms with Crippen LogP contribution in [0.2, 0.25) is 0 Å². The molecule has 1 aromatic heterocycles. The summed E-state index contributed by atoms with van der Waals surface area (Å²) in [4.78, 5) is 3.47. The van der Waals surface area contributed by atoms with Crippen molar-refractivity contribution in [2.75, 3.05) is 0 Å². The van der Waals surface area contributed by atoms with Crippen LogP contribution in [0.3, 0.4) is 0 Å². The van der Waals surface area contributed by atoms with Gasteiger partial charge in [0.1, 0.15) is 5.75 Å². The van der Waals surface area contributed by atoms with Gasteiger partial charge in [0.2, 0.25) is 0 Å². The fourth-order valence-electron chi connectivity index (χ4n) is 1.32. The number of aliphatic hydroxyl groups excluding tert-OH is 1. The molecule has 0 spiro atoms. The highest BCUT2D eigenvalue weighted by atomic mass is 19.4. The Bertz CT molecular complexity index is 422. The third-order valence-electron chi connectivity index (χ3n) is 2.02. The number of alkyl halides is 5. The van der Waals surface area contributed by atoms with Gasteiger partial charge in [-0.2, -0.15) is 0 Å². The fourth-order valence-corrected chi connectivity index (χ4v) is 1.32. The van der Waals surface area contributed by atoms with E-state index in [0.717, 1.165) is 6.20 Å². The lowest BCUT2D eigenvalue weighted by Gasteiger charge is -2.17. The number of hydrogen-bond acceptors (Lipinski definition) is 4. The Morgan fingerprint density at radius 2 is 2.00 bits per heavy atom. The molecule has 0 atom stereocenters. The Morgan fingerprint density at radius 1 is 1.39 bits per heavy atom. The highest BCUT2D eigenvalue weighted by Gasteiger charge is 2.35. The van der Waals surface area contributed by atoms with Gasteiger partial charge >= 0.3 is 6.36 Å². The molecule has 1 rings (SSSR count). The van der Waals surface area contributed by atoms with Crippen molar-refractivity contribution in [3.8, 4) is 5.75 Å². The maximum absolute atomic E-state index is 12.7. The Kier molecular flexibility index (Phi) is 4.41. The van der Waals surface area contributed by atoms with Crippen LogP contribution in [0.25, 0.3) is 0 Å². The zero-order valence-corrected chi connectivity index (χ0v) is 8.84. The first kappa shape index (κ1) is 14.6. The first-order valence-electron chi connectivity index (χ1n) is 4.65. The molecule has 0 amide bonds. The first-order chi connectivity index (χ1) is 8.30. The lowest BCUT2D eigenvalue weighted by molar-refractivity contribution is -0.275. The monoisotopic (exact) mass is 272 g/mol. The van der Waals surface area contributed by atoms with Crippen molar-refractivity contribution >= 4 is 0 Å². The predicted octanol–water partition coefficient (Wildman–Crippen LogP) is 1.87. The Hall–Kier alpha value is -1.48. The van der Waals surface area contributed by atoms with Crippen molar-refractivity contribution in [2.24, 2.45) is 5.73 Å². The van der Waals surface area contributed by atoms with Gasteiger partial charge in [0.05, 0.1) is 17.9 Å². The standard InChI is InChI=1S/C9H9F5N2O2/c10-8(11)6-5(1-15)16-2-4(3-17)7(6)18-9(12,13)14/h2,8,17H,1,3,15H2. The molecule has 0 saturated carbocycles. The van der Waals surface area contributed by atoms with Crippen molar-refractivity contribution < 1.29 is 31.8 Å². The molecule has 0 bridgehead atoms. The van der Waals surface area contributed by atoms with E-state index in [2.05, 4.69) is 9.72 Å². The minimum Gasteiger partial charge on any atom is -0.405 e. The molecule has 3 N–H and O–H groups in total. The molecular weight excluding hydrogens is 263 g/mol. The van der Waals surface area contributed by atoms with E-state index in [0.29, 0.717) is 0 Å². The molecule has 102 valence electrons. The smallest absolute Gasteiger partial charge is 0.405 e. The van der Waals surface area contributed by atoms with Crippen LogP contribution in [0.15, 0.2) is 6.20 Å². The van der Waals surface area contributed by atoms with Gasteiger partial charge in [0.25, 0.3) is 6.43 Å². The first-order valence-corrected chi connectivity index (χ1v) is 4.65. The van der Waals surface area contributed by atoms with Crippen molar-refractivity contribution in [1.82, 2.24) is 4.98 Å². The summed E-state index contributed by atoms with van der Waals surface area (Å²) >= 11 is 0. The summed E-state index contributed by atoms with van der Waals surface area (Å²) in [7, 11) is 0. The normalized spacial score (nSPS) is 12.0. The summed E-state index contributed by atoms with van der Waals surface area (Å²) in [6, 6.07) is 0. The molecule has 0 aliphatic carbocycles. The van der Waals surface area contributed by atoms with Crippen LogP contribution in [0.1, 0.15) is 23.2 Å². The minimum absolute atomic E-state index is 0.415. The SMILES string of the molecule is NCc1ncc(CO)c(OC(F)(F)F)c1C(F)F. The van der Waals surface area contributed by atoms with E-state index in [-0.39, 0.29) is 0 Å². The maximum atomic E-state index is 12.7. The predicted molar refractivity (Wildman–Crippen MR) is 49.7 cm³/mol. The molecule has 0 aromatic carbocycles. The number of ether oxygens (including phenoxy) is 1. The molecule has 1 heterocycles. The lowest BCUT2D eigenvalue weighted by atomic mass is 10.1. The largest absolute Gasteiger partial charge is 0.573 e. The summed E-state index contributed by atoms with van der Waals surface area (Å²) in [5.74, 6) is -1.14. The van der Waals surface area contributed by atoms with Crippen LogP contribution in [0.5, 0.6) is 5.75 Å². The third kappa shape index (κ3) is 3.26. The van der Waals surface area contributed by atoms with Gasteiger partial charge in [-0.05, 0) is 0 Å². The Balaban J connectivity index is 3.40. The number of aliphatic hydroxyl groups is 1. The lowest BCUT2D eigenvalue weighted by Crippen LogP contribution is -2.21. The number of pyridine rings is 1. The van der Waals surface area contributed by atoms with Crippen LogP contribution >= 0.6 is 0 Å². The van der Waals surface area contributed by atoms with Gasteiger partial charge in [-0.3, -0.25) is 4.98 Å². The number of nitrogens with two attached hydrogens (primary N) is 1. The van der Waals surface area contributed by atoms with Crippen LogP contribution in [-0.2, 0) is 13.2 Å². The third-order valence-corrected chi connectivity index (χ3v) is 2.02. The van der Waals surface area contributed by atoms with E-state index in [1.165, 1.54) is 0 Å². The molecule has 18 heavy (non-hydrogen) atoms. The number of rotatable bonds is 4. The number of halogens is 5. The van der Waals surface area contributed by atoms with Crippen molar-refractivity contribution in [3.05, 3.63) is 23.0 Å². The van der Waals surface area contributed by atoms with Crippen molar-refractivity contribution in [3.63, 3.8) is 0 Å². The van der Waals surface area contributed by atoms with Gasteiger partial charge in [-0.1, -0.05) is 0 Å². The number of nitrogens with zero attached hydrogens (tertiary/aromatic N) is 1. The zero-order chi connectivity index (χ0) is 13.9. The van der Waals surface area contributed by atoms with Gasteiger partial charge in [0, 0.05) is 18.3 Å². The highest BCUT2D eigenvalue weighted by Crippen LogP contribution is 2.37. The fraction of sp³-hybridized carbons (Fsp3) is 0.444. The molecule has 1 aromatic rings. The second kappa shape index (κ2) is 5.44. The summed E-state index contributed by atoms with van der Waals surface area (Å²) in [6.07, 6.45) is -7.59. The molecule has 4 nitrogen and oxygen atoms in total. The van der Waals surface area contributed by atoms with Crippen LogP contribution in [0, 0.1) is 0 Å². The van der Waals surface area contributed by atoms with Crippen molar-refractivity contribution in [1.29, 1.82) is 0 Å². The molecule has 0 fully saturated rings. The second-order valence-corrected chi connectivity index (χ2v) is 3.18. The summed E-state index contributed by atoms with van der Waals surface area (Å²) in [5, 5.41) is 8.82. The highest BCUT2D eigenvalue weighted by molar-refractivity contribution is 5.43. The van der Waals surface area contributed by atoms with Crippen LogP contribution in [-0.4, -0.2) is 16.5 Å². The van der Waals surface area contributed by atoms with Crippen molar-refractivity contribution in [2.45, 2.75) is 25.9 Å². The topological polar surface area (TPSA) is 68.4 Å². The Morgan fingerprint density at radius 3 is 2.39 bits per heavy atom. The minimum atomic E-state index is -5.15. The Labute approximate surface area is 98.2 Å². The number of hydrogen-bond donors (Lipinski definition) is 2.